The topological polar surface area (TPSA) is 84.7 Å². The highest BCUT2D eigenvalue weighted by Gasteiger charge is 2.36. The molecule has 0 saturated carbocycles. The van der Waals surface area contributed by atoms with Crippen LogP contribution in [-0.4, -0.2) is 36.8 Å². The number of halogens is 1. The number of carbonyl (C=O) groups is 1. The first kappa shape index (κ1) is 20.1. The highest BCUT2D eigenvalue weighted by atomic mass is 35.5. The minimum Gasteiger partial charge on any atom is -0.451 e. The molecule has 0 radical (unpaired) electrons. The van der Waals surface area contributed by atoms with Gasteiger partial charge in [0, 0.05) is 22.0 Å². The Bertz CT molecular complexity index is 1250. The van der Waals surface area contributed by atoms with Crippen LogP contribution in [0.1, 0.15) is 27.4 Å². The van der Waals surface area contributed by atoms with Crippen LogP contribution < -0.4 is 5.43 Å². The lowest BCUT2D eigenvalue weighted by molar-refractivity contribution is 0.0651. The van der Waals surface area contributed by atoms with E-state index in [0.29, 0.717) is 16.8 Å². The maximum Gasteiger partial charge on any atom is 0.290 e. The number of thiophene rings is 1. The molecule has 2 aromatic heterocycles. The van der Waals surface area contributed by atoms with Crippen molar-refractivity contribution in [2.45, 2.75) is 25.9 Å². The third kappa shape index (κ3) is 4.10. The molecule has 1 saturated heterocycles. The molecule has 1 aliphatic heterocycles. The molecule has 1 fully saturated rings. The van der Waals surface area contributed by atoms with Gasteiger partial charge in [-0.05, 0) is 42.5 Å². The van der Waals surface area contributed by atoms with E-state index in [2.05, 4.69) is 0 Å². The number of sulfone groups is 1. The molecular weight excluding hydrogens is 434 g/mol. The van der Waals surface area contributed by atoms with Gasteiger partial charge in [0.1, 0.15) is 5.58 Å². The van der Waals surface area contributed by atoms with Crippen LogP contribution in [0.2, 0.25) is 5.02 Å². The number of hydrogen-bond acceptors (Lipinski definition) is 6. The molecule has 3 aromatic rings. The van der Waals surface area contributed by atoms with Crippen molar-refractivity contribution in [1.29, 1.82) is 0 Å². The van der Waals surface area contributed by atoms with E-state index < -0.39 is 21.8 Å². The van der Waals surface area contributed by atoms with E-state index in [1.54, 1.807) is 13.0 Å². The van der Waals surface area contributed by atoms with Gasteiger partial charge in [-0.1, -0.05) is 17.7 Å². The number of amides is 1. The van der Waals surface area contributed by atoms with E-state index in [1.807, 2.05) is 17.5 Å². The van der Waals surface area contributed by atoms with Crippen molar-refractivity contribution in [3.8, 4) is 0 Å². The summed E-state index contributed by atoms with van der Waals surface area (Å²) in [5.74, 6) is -0.640. The Kier molecular flexibility index (Phi) is 5.27. The number of benzene rings is 1. The number of rotatable bonds is 4. The minimum atomic E-state index is -3.19. The minimum absolute atomic E-state index is 0.0469. The number of nitrogens with zero attached hydrogens (tertiary/aromatic N) is 1. The van der Waals surface area contributed by atoms with Gasteiger partial charge in [-0.3, -0.25) is 9.59 Å². The molecule has 0 unspecified atom stereocenters. The Labute approximate surface area is 176 Å². The van der Waals surface area contributed by atoms with Crippen LogP contribution in [0.25, 0.3) is 11.0 Å². The third-order valence-corrected chi connectivity index (χ3v) is 8.05. The van der Waals surface area contributed by atoms with Crippen LogP contribution in [-0.2, 0) is 16.4 Å². The summed E-state index contributed by atoms with van der Waals surface area (Å²) in [5.41, 5.74) is 0.633. The van der Waals surface area contributed by atoms with Gasteiger partial charge in [0.25, 0.3) is 5.91 Å². The zero-order chi connectivity index (χ0) is 20.8. The van der Waals surface area contributed by atoms with E-state index in [9.17, 15) is 18.0 Å². The molecule has 1 atom stereocenters. The van der Waals surface area contributed by atoms with Crippen molar-refractivity contribution in [1.82, 2.24) is 4.90 Å². The second kappa shape index (κ2) is 7.59. The van der Waals surface area contributed by atoms with Crippen LogP contribution in [0.5, 0.6) is 0 Å². The first-order valence-corrected chi connectivity index (χ1v) is 12.1. The van der Waals surface area contributed by atoms with Gasteiger partial charge >= 0.3 is 0 Å². The molecule has 3 heterocycles. The molecule has 1 amide bonds. The fourth-order valence-electron chi connectivity index (χ4n) is 3.48. The maximum atomic E-state index is 13.3. The molecular formula is C20H18ClNO5S2. The summed E-state index contributed by atoms with van der Waals surface area (Å²) in [6, 6.07) is 7.61. The molecule has 0 bridgehead atoms. The van der Waals surface area contributed by atoms with Gasteiger partial charge in [0.2, 0.25) is 0 Å². The molecule has 0 N–H and O–H groups in total. The molecule has 0 spiro atoms. The number of carbonyl (C=O) groups excluding carboxylic acids is 1. The Morgan fingerprint density at radius 1 is 1.34 bits per heavy atom. The smallest absolute Gasteiger partial charge is 0.290 e. The van der Waals surface area contributed by atoms with E-state index >= 15 is 0 Å². The second-order valence-corrected chi connectivity index (χ2v) is 10.8. The van der Waals surface area contributed by atoms with Crippen LogP contribution in [0.3, 0.4) is 0 Å². The average molecular weight is 452 g/mol. The van der Waals surface area contributed by atoms with Crippen molar-refractivity contribution in [2.24, 2.45) is 0 Å². The molecule has 152 valence electrons. The highest BCUT2D eigenvalue weighted by Crippen LogP contribution is 2.26. The van der Waals surface area contributed by atoms with Crippen molar-refractivity contribution in [3.63, 3.8) is 0 Å². The normalized spacial score (nSPS) is 18.2. The molecule has 0 aliphatic carbocycles. The van der Waals surface area contributed by atoms with E-state index in [4.69, 9.17) is 16.0 Å². The average Bonchev–Trinajstić information content (AvgIpc) is 3.29. The summed E-state index contributed by atoms with van der Waals surface area (Å²) < 4.78 is 29.7. The van der Waals surface area contributed by atoms with E-state index in [-0.39, 0.29) is 34.8 Å². The van der Waals surface area contributed by atoms with Crippen molar-refractivity contribution < 1.29 is 17.6 Å². The van der Waals surface area contributed by atoms with Gasteiger partial charge in [0.05, 0.1) is 23.4 Å². The summed E-state index contributed by atoms with van der Waals surface area (Å²) in [4.78, 5) is 28.3. The van der Waals surface area contributed by atoms with Crippen molar-refractivity contribution in [2.75, 3.05) is 11.5 Å². The van der Waals surface area contributed by atoms with Crippen LogP contribution >= 0.6 is 22.9 Å². The van der Waals surface area contributed by atoms with Gasteiger partial charge in [-0.2, -0.15) is 0 Å². The molecule has 9 heteroatoms. The lowest BCUT2D eigenvalue weighted by atomic mass is 10.1. The predicted molar refractivity (Wildman–Crippen MR) is 113 cm³/mol. The van der Waals surface area contributed by atoms with Crippen molar-refractivity contribution >= 4 is 49.7 Å². The quantitative estimate of drug-likeness (QED) is 0.604. The molecule has 1 aliphatic rings. The Balaban J connectivity index is 1.75. The standard InChI is InChI=1S/C20H18ClNO5S2/c1-12-7-18-15(8-16(12)21)17(23)9-19(27-18)20(24)22(10-14-3-2-5-28-14)13-4-6-29(25,26)11-13/h2-3,5,7-9,13H,4,6,10-11H2,1H3/t13-/m1/s1. The Morgan fingerprint density at radius 2 is 2.14 bits per heavy atom. The van der Waals surface area contributed by atoms with Gasteiger partial charge < -0.3 is 9.32 Å². The van der Waals surface area contributed by atoms with Gasteiger partial charge in [0.15, 0.2) is 21.0 Å². The molecule has 29 heavy (non-hydrogen) atoms. The highest BCUT2D eigenvalue weighted by molar-refractivity contribution is 7.91. The zero-order valence-electron chi connectivity index (χ0n) is 15.6. The summed E-state index contributed by atoms with van der Waals surface area (Å²) in [6.45, 7) is 2.04. The fraction of sp³-hybridized carbons (Fsp3) is 0.300. The molecule has 1 aromatic carbocycles. The first-order chi connectivity index (χ1) is 13.7. The summed E-state index contributed by atoms with van der Waals surface area (Å²) in [5, 5.41) is 2.64. The Hall–Kier alpha value is -2.16. The number of aryl methyl sites for hydroxylation is 1. The van der Waals surface area contributed by atoms with Gasteiger partial charge in [-0.25, -0.2) is 8.42 Å². The summed E-state index contributed by atoms with van der Waals surface area (Å²) in [7, 11) is -3.19. The summed E-state index contributed by atoms with van der Waals surface area (Å²) in [6.07, 6.45) is 0.367. The first-order valence-electron chi connectivity index (χ1n) is 9.01. The van der Waals surface area contributed by atoms with Crippen LogP contribution in [0.15, 0.2) is 44.9 Å². The van der Waals surface area contributed by atoms with Gasteiger partial charge in [-0.15, -0.1) is 11.3 Å². The molecule has 4 rings (SSSR count). The summed E-state index contributed by atoms with van der Waals surface area (Å²) >= 11 is 7.57. The lowest BCUT2D eigenvalue weighted by Crippen LogP contribution is -2.40. The largest absolute Gasteiger partial charge is 0.451 e. The molecule has 6 nitrogen and oxygen atoms in total. The predicted octanol–water partition coefficient (Wildman–Crippen LogP) is 3.65. The lowest BCUT2D eigenvalue weighted by Gasteiger charge is -2.27. The zero-order valence-corrected chi connectivity index (χ0v) is 17.9. The fourth-order valence-corrected chi connectivity index (χ4v) is 6.08. The van der Waals surface area contributed by atoms with Crippen LogP contribution in [0, 0.1) is 6.92 Å². The van der Waals surface area contributed by atoms with E-state index in [0.717, 1.165) is 16.5 Å². The third-order valence-electron chi connectivity index (χ3n) is 5.04. The second-order valence-electron chi connectivity index (χ2n) is 7.14. The van der Waals surface area contributed by atoms with E-state index in [1.165, 1.54) is 22.3 Å². The Morgan fingerprint density at radius 3 is 2.79 bits per heavy atom. The monoisotopic (exact) mass is 451 g/mol. The van der Waals surface area contributed by atoms with Crippen LogP contribution in [0.4, 0.5) is 0 Å². The maximum absolute atomic E-state index is 13.3. The SMILES string of the molecule is Cc1cc2oc(C(=O)N(Cc3cccs3)[C@@H]3CCS(=O)(=O)C3)cc(=O)c2cc1Cl. The van der Waals surface area contributed by atoms with Crippen molar-refractivity contribution in [3.05, 3.63) is 67.2 Å². The number of fused-ring (bicyclic) bond motifs is 1. The number of hydrogen-bond donors (Lipinski definition) is 0.